The van der Waals surface area contributed by atoms with E-state index in [-0.39, 0.29) is 35.1 Å². The van der Waals surface area contributed by atoms with Crippen LogP contribution in [0.5, 0.6) is 0 Å². The molecule has 136 valence electrons. The smallest absolute Gasteiger partial charge is 0.352 e. The molecule has 1 aromatic heterocycles. The van der Waals surface area contributed by atoms with Gasteiger partial charge in [-0.3, -0.25) is 9.59 Å². The molecule has 1 aromatic carbocycles. The van der Waals surface area contributed by atoms with E-state index in [2.05, 4.69) is 5.32 Å². The molecule has 0 radical (unpaired) electrons. The minimum Gasteiger partial charge on any atom is -0.477 e. The van der Waals surface area contributed by atoms with Crippen molar-refractivity contribution in [2.75, 3.05) is 24.5 Å². The van der Waals surface area contributed by atoms with Crippen molar-refractivity contribution < 1.29 is 19.1 Å². The van der Waals surface area contributed by atoms with Crippen LogP contribution in [0.25, 0.3) is 10.9 Å². The Kier molecular flexibility index (Phi) is 3.90. The number of nitrogens with one attached hydrogen (secondary N) is 1. The number of aromatic nitrogens is 1. The van der Waals surface area contributed by atoms with Gasteiger partial charge in [0.05, 0.1) is 11.2 Å². The first-order chi connectivity index (χ1) is 12.5. The molecule has 4 rings (SSSR count). The summed E-state index contributed by atoms with van der Waals surface area (Å²) in [5.41, 5.74) is 0.130. The Morgan fingerprint density at radius 2 is 1.96 bits per heavy atom. The SMILES string of the molecule is O=C1CCN(c2cc3c(cc2F)c(=O)cc(C(=O)O)n3C2CC2)CCN1. The second-order valence-electron chi connectivity index (χ2n) is 6.71. The predicted octanol–water partition coefficient (Wildman–Crippen LogP) is 1.50. The lowest BCUT2D eigenvalue weighted by atomic mass is 10.1. The molecule has 2 N–H and O–H groups in total. The van der Waals surface area contributed by atoms with Gasteiger partial charge in [0.2, 0.25) is 5.91 Å². The molecule has 0 spiro atoms. The summed E-state index contributed by atoms with van der Waals surface area (Å²) in [7, 11) is 0. The van der Waals surface area contributed by atoms with Crippen LogP contribution < -0.4 is 15.6 Å². The van der Waals surface area contributed by atoms with Crippen molar-refractivity contribution >= 4 is 28.5 Å². The van der Waals surface area contributed by atoms with E-state index in [4.69, 9.17) is 0 Å². The second-order valence-corrected chi connectivity index (χ2v) is 6.71. The first-order valence-corrected chi connectivity index (χ1v) is 8.59. The molecule has 0 unspecified atom stereocenters. The van der Waals surface area contributed by atoms with Crippen molar-refractivity contribution in [2.24, 2.45) is 0 Å². The monoisotopic (exact) mass is 359 g/mol. The van der Waals surface area contributed by atoms with Crippen molar-refractivity contribution in [1.82, 2.24) is 9.88 Å². The highest BCUT2D eigenvalue weighted by Crippen LogP contribution is 2.39. The van der Waals surface area contributed by atoms with Crippen molar-refractivity contribution in [3.8, 4) is 0 Å². The molecule has 7 nitrogen and oxygen atoms in total. The zero-order valence-electron chi connectivity index (χ0n) is 14.0. The van der Waals surface area contributed by atoms with Gasteiger partial charge in [0.15, 0.2) is 5.43 Å². The van der Waals surface area contributed by atoms with Crippen LogP contribution in [0.3, 0.4) is 0 Å². The summed E-state index contributed by atoms with van der Waals surface area (Å²) < 4.78 is 16.3. The second kappa shape index (κ2) is 6.12. The van der Waals surface area contributed by atoms with E-state index in [9.17, 15) is 23.9 Å². The average Bonchev–Trinajstić information content (AvgIpc) is 3.43. The molecule has 1 aliphatic heterocycles. The highest BCUT2D eigenvalue weighted by molar-refractivity contribution is 5.92. The van der Waals surface area contributed by atoms with E-state index >= 15 is 0 Å². The van der Waals surface area contributed by atoms with Crippen LogP contribution in [-0.4, -0.2) is 41.2 Å². The number of carboxylic acids is 1. The third-order valence-corrected chi connectivity index (χ3v) is 4.90. The third-order valence-electron chi connectivity index (χ3n) is 4.90. The number of nitrogens with zero attached hydrogens (tertiary/aromatic N) is 2. The van der Waals surface area contributed by atoms with Gasteiger partial charge in [-0.15, -0.1) is 0 Å². The van der Waals surface area contributed by atoms with Gasteiger partial charge in [0, 0.05) is 43.5 Å². The van der Waals surface area contributed by atoms with Gasteiger partial charge >= 0.3 is 5.97 Å². The number of anilines is 1. The summed E-state index contributed by atoms with van der Waals surface area (Å²) in [6.07, 6.45) is 1.91. The quantitative estimate of drug-likeness (QED) is 0.867. The Labute approximate surface area is 148 Å². The van der Waals surface area contributed by atoms with Gasteiger partial charge in [0.1, 0.15) is 11.5 Å². The topological polar surface area (TPSA) is 91.6 Å². The number of pyridine rings is 1. The lowest BCUT2D eigenvalue weighted by Gasteiger charge is -2.24. The number of rotatable bonds is 3. The Balaban J connectivity index is 1.91. The summed E-state index contributed by atoms with van der Waals surface area (Å²) in [6, 6.07) is 3.80. The number of amides is 1. The van der Waals surface area contributed by atoms with Crippen LogP contribution in [0.4, 0.5) is 10.1 Å². The maximum atomic E-state index is 14.7. The van der Waals surface area contributed by atoms with E-state index < -0.39 is 17.2 Å². The zero-order chi connectivity index (χ0) is 18.4. The standard InChI is InChI=1S/C18H18FN3O4/c19-12-7-11-13(8-14(12)21-5-3-17(24)20-4-6-21)22(10-1-2-10)15(18(25)26)9-16(11)23/h7-10H,1-6H2,(H,20,24)(H,25,26). The number of carbonyl (C=O) groups is 2. The molecule has 0 atom stereocenters. The lowest BCUT2D eigenvalue weighted by Crippen LogP contribution is -2.29. The first kappa shape index (κ1) is 16.6. The van der Waals surface area contributed by atoms with E-state index in [1.54, 1.807) is 15.5 Å². The van der Waals surface area contributed by atoms with Crippen LogP contribution in [0, 0.1) is 5.82 Å². The van der Waals surface area contributed by atoms with Crippen molar-refractivity contribution in [1.29, 1.82) is 0 Å². The van der Waals surface area contributed by atoms with E-state index in [0.717, 1.165) is 18.9 Å². The molecule has 1 saturated heterocycles. The van der Waals surface area contributed by atoms with E-state index in [1.807, 2.05) is 0 Å². The molecule has 1 amide bonds. The molecule has 1 aliphatic carbocycles. The normalized spacial score (nSPS) is 17.9. The molecular weight excluding hydrogens is 341 g/mol. The number of benzene rings is 1. The number of hydrogen-bond acceptors (Lipinski definition) is 4. The predicted molar refractivity (Wildman–Crippen MR) is 93.2 cm³/mol. The molecule has 8 heteroatoms. The fraction of sp³-hybridized carbons (Fsp3) is 0.389. The molecular formula is C18H18FN3O4. The third kappa shape index (κ3) is 2.81. The van der Waals surface area contributed by atoms with Gasteiger partial charge < -0.3 is 19.9 Å². The summed E-state index contributed by atoms with van der Waals surface area (Å²) in [5, 5.41) is 12.4. The van der Waals surface area contributed by atoms with Crippen molar-refractivity contribution in [3.63, 3.8) is 0 Å². The molecule has 1 saturated carbocycles. The van der Waals surface area contributed by atoms with Crippen LogP contribution in [-0.2, 0) is 4.79 Å². The molecule has 2 aromatic rings. The van der Waals surface area contributed by atoms with Crippen molar-refractivity contribution in [3.05, 3.63) is 39.9 Å². The number of halogens is 1. The van der Waals surface area contributed by atoms with Gasteiger partial charge in [-0.1, -0.05) is 0 Å². The summed E-state index contributed by atoms with van der Waals surface area (Å²) >= 11 is 0. The maximum absolute atomic E-state index is 14.7. The van der Waals surface area contributed by atoms with Crippen LogP contribution in [0.2, 0.25) is 0 Å². The van der Waals surface area contributed by atoms with Crippen molar-refractivity contribution in [2.45, 2.75) is 25.3 Å². The number of aromatic carboxylic acids is 1. The van der Waals surface area contributed by atoms with Gasteiger partial charge in [-0.2, -0.15) is 0 Å². The van der Waals surface area contributed by atoms with Crippen LogP contribution in [0.15, 0.2) is 23.0 Å². The minimum absolute atomic E-state index is 0.00916. The maximum Gasteiger partial charge on any atom is 0.352 e. The number of fused-ring (bicyclic) bond motifs is 1. The van der Waals surface area contributed by atoms with Gasteiger partial charge in [-0.05, 0) is 25.0 Å². The van der Waals surface area contributed by atoms with Gasteiger partial charge in [0.25, 0.3) is 0 Å². The zero-order valence-corrected chi connectivity index (χ0v) is 14.0. The number of carbonyl (C=O) groups excluding carboxylic acids is 1. The van der Waals surface area contributed by atoms with Crippen LogP contribution in [0.1, 0.15) is 35.8 Å². The van der Waals surface area contributed by atoms with Crippen LogP contribution >= 0.6 is 0 Å². The molecule has 2 aliphatic rings. The number of carboxylic acid groups (broad SMARTS) is 1. The molecule has 2 heterocycles. The fourth-order valence-corrected chi connectivity index (χ4v) is 3.49. The summed E-state index contributed by atoms with van der Waals surface area (Å²) in [5.74, 6) is -1.81. The Bertz CT molecular complexity index is 981. The van der Waals surface area contributed by atoms with E-state index in [1.165, 1.54) is 6.07 Å². The average molecular weight is 359 g/mol. The summed E-state index contributed by atoms with van der Waals surface area (Å²) in [4.78, 5) is 37.2. The number of hydrogen-bond donors (Lipinski definition) is 2. The summed E-state index contributed by atoms with van der Waals surface area (Å²) in [6.45, 7) is 1.21. The Morgan fingerprint density at radius 3 is 2.65 bits per heavy atom. The molecule has 0 bridgehead atoms. The fourth-order valence-electron chi connectivity index (χ4n) is 3.49. The minimum atomic E-state index is -1.17. The highest BCUT2D eigenvalue weighted by Gasteiger charge is 2.30. The highest BCUT2D eigenvalue weighted by atomic mass is 19.1. The van der Waals surface area contributed by atoms with Gasteiger partial charge in [-0.25, -0.2) is 9.18 Å². The van der Waals surface area contributed by atoms with E-state index in [0.29, 0.717) is 25.2 Å². The first-order valence-electron chi connectivity index (χ1n) is 8.59. The largest absolute Gasteiger partial charge is 0.477 e. The lowest BCUT2D eigenvalue weighted by molar-refractivity contribution is -0.120. The molecule has 2 fully saturated rings. The Morgan fingerprint density at radius 1 is 1.19 bits per heavy atom. The Hall–Kier alpha value is -2.90. The molecule has 26 heavy (non-hydrogen) atoms.